The number of hydrogen-bond donors (Lipinski definition) is 2. The van der Waals surface area contributed by atoms with E-state index in [9.17, 15) is 4.79 Å². The maximum atomic E-state index is 12.4. The van der Waals surface area contributed by atoms with Crippen molar-refractivity contribution in [3.63, 3.8) is 0 Å². The number of fused-ring (bicyclic) bond motifs is 1. The third kappa shape index (κ3) is 4.33. The molecule has 0 radical (unpaired) electrons. The Morgan fingerprint density at radius 3 is 2.58 bits per heavy atom. The van der Waals surface area contributed by atoms with Gasteiger partial charge in [-0.15, -0.1) is 0 Å². The Balaban J connectivity index is 0.000000730. The molecule has 0 spiro atoms. The Bertz CT molecular complexity index is 1020. The first kappa shape index (κ1) is 20.7. The van der Waals surface area contributed by atoms with Crippen molar-refractivity contribution in [3.8, 4) is 11.6 Å². The molecule has 162 valence electrons. The molecule has 3 aromatic rings. The summed E-state index contributed by atoms with van der Waals surface area (Å²) in [5, 5.41) is 14.6. The fourth-order valence-electron chi connectivity index (χ4n) is 4.10. The Morgan fingerprint density at radius 1 is 1.23 bits per heavy atom. The molecule has 1 saturated heterocycles. The van der Waals surface area contributed by atoms with E-state index in [4.69, 9.17) is 14.3 Å². The van der Waals surface area contributed by atoms with E-state index in [0.29, 0.717) is 24.0 Å². The summed E-state index contributed by atoms with van der Waals surface area (Å²) in [7, 11) is 2.14. The van der Waals surface area contributed by atoms with Crippen molar-refractivity contribution in [3.05, 3.63) is 48.1 Å². The van der Waals surface area contributed by atoms with Gasteiger partial charge in [0.05, 0.1) is 18.5 Å². The fraction of sp³-hybridized carbons (Fsp3) is 0.381. The number of nitrogens with zero attached hydrogens (tertiary/aromatic N) is 5. The van der Waals surface area contributed by atoms with Crippen molar-refractivity contribution in [2.75, 3.05) is 25.5 Å². The zero-order chi connectivity index (χ0) is 21.8. The number of aromatic nitrogens is 4. The average Bonchev–Trinajstić information content (AvgIpc) is 3.45. The molecule has 1 atom stereocenters. The van der Waals surface area contributed by atoms with E-state index in [1.165, 1.54) is 0 Å². The lowest BCUT2D eigenvalue weighted by Gasteiger charge is -2.31. The van der Waals surface area contributed by atoms with Crippen LogP contribution in [0.3, 0.4) is 0 Å². The van der Waals surface area contributed by atoms with Gasteiger partial charge in [-0.05, 0) is 50.7 Å². The van der Waals surface area contributed by atoms with Gasteiger partial charge in [-0.25, -0.2) is 14.6 Å². The molecule has 1 amide bonds. The molecule has 2 aliphatic heterocycles. The maximum absolute atomic E-state index is 12.4. The van der Waals surface area contributed by atoms with Crippen molar-refractivity contribution in [1.82, 2.24) is 24.6 Å². The fourth-order valence-corrected chi connectivity index (χ4v) is 4.10. The van der Waals surface area contributed by atoms with Crippen molar-refractivity contribution >= 4 is 18.2 Å². The molecule has 5 rings (SSSR count). The van der Waals surface area contributed by atoms with Gasteiger partial charge in [0.2, 0.25) is 5.91 Å². The Kier molecular flexibility index (Phi) is 6.08. The molecule has 2 N–H and O–H groups in total. The van der Waals surface area contributed by atoms with E-state index in [-0.39, 0.29) is 18.3 Å². The largest absolute Gasteiger partial charge is 0.483 e. The molecule has 0 aliphatic carbocycles. The first-order chi connectivity index (χ1) is 15.1. The summed E-state index contributed by atoms with van der Waals surface area (Å²) >= 11 is 0. The summed E-state index contributed by atoms with van der Waals surface area (Å²) in [5.41, 5.74) is 1.95. The van der Waals surface area contributed by atoms with Crippen LogP contribution in [0.4, 0.5) is 5.82 Å². The van der Waals surface area contributed by atoms with Crippen LogP contribution < -0.4 is 5.32 Å². The summed E-state index contributed by atoms with van der Waals surface area (Å²) in [6, 6.07) is 3.95. The van der Waals surface area contributed by atoms with Crippen LogP contribution in [0.1, 0.15) is 42.3 Å². The first-order valence-corrected chi connectivity index (χ1v) is 10.1. The highest BCUT2D eigenvalue weighted by atomic mass is 16.3. The molecule has 1 unspecified atom stereocenters. The SMILES string of the molecule is CN1CCC(n2ncc3c2NC(=O)CC3c2cnc(-c3ccco3)nc2)CC1.O=CO. The predicted octanol–water partition coefficient (Wildman–Crippen LogP) is 2.37. The number of piperidine rings is 1. The van der Waals surface area contributed by atoms with Gasteiger partial charge in [0.1, 0.15) is 5.82 Å². The number of rotatable bonds is 3. The second kappa shape index (κ2) is 9.09. The van der Waals surface area contributed by atoms with Gasteiger partial charge in [-0.3, -0.25) is 9.59 Å². The average molecular weight is 424 g/mol. The lowest BCUT2D eigenvalue weighted by atomic mass is 9.89. The maximum Gasteiger partial charge on any atom is 0.290 e. The molecule has 10 heteroatoms. The molecule has 1 fully saturated rings. The van der Waals surface area contributed by atoms with Crippen LogP contribution in [-0.4, -0.2) is 62.3 Å². The van der Waals surface area contributed by atoms with Crippen LogP contribution >= 0.6 is 0 Å². The van der Waals surface area contributed by atoms with Gasteiger partial charge in [0.25, 0.3) is 6.47 Å². The highest BCUT2D eigenvalue weighted by molar-refractivity contribution is 5.94. The minimum atomic E-state index is -0.250. The number of furan rings is 1. The molecular formula is C21H24N6O4. The van der Waals surface area contributed by atoms with Crippen LogP contribution in [0, 0.1) is 0 Å². The molecule has 2 aliphatic rings. The van der Waals surface area contributed by atoms with Crippen LogP contribution in [0.2, 0.25) is 0 Å². The molecule has 10 nitrogen and oxygen atoms in total. The van der Waals surface area contributed by atoms with Crippen molar-refractivity contribution < 1.29 is 19.1 Å². The topological polar surface area (TPSA) is 126 Å². The van der Waals surface area contributed by atoms with Crippen LogP contribution in [-0.2, 0) is 9.59 Å². The van der Waals surface area contributed by atoms with E-state index >= 15 is 0 Å². The normalized spacial score (nSPS) is 19.1. The molecular weight excluding hydrogens is 400 g/mol. The third-order valence-corrected chi connectivity index (χ3v) is 5.70. The van der Waals surface area contributed by atoms with E-state index in [1.807, 2.05) is 23.0 Å². The Morgan fingerprint density at radius 2 is 1.94 bits per heavy atom. The van der Waals surface area contributed by atoms with E-state index in [1.54, 1.807) is 18.7 Å². The third-order valence-electron chi connectivity index (χ3n) is 5.70. The minimum Gasteiger partial charge on any atom is -0.483 e. The zero-order valence-corrected chi connectivity index (χ0v) is 17.1. The van der Waals surface area contributed by atoms with Crippen molar-refractivity contribution in [2.24, 2.45) is 0 Å². The second-order valence-electron chi connectivity index (χ2n) is 7.66. The number of likely N-dealkylation sites (tertiary alicyclic amines) is 1. The van der Waals surface area contributed by atoms with Gasteiger partial charge in [0.15, 0.2) is 11.6 Å². The quantitative estimate of drug-likeness (QED) is 0.614. The zero-order valence-electron chi connectivity index (χ0n) is 17.1. The highest BCUT2D eigenvalue weighted by Crippen LogP contribution is 2.39. The highest BCUT2D eigenvalue weighted by Gasteiger charge is 2.32. The Hall–Kier alpha value is -3.53. The number of carbonyl (C=O) groups is 2. The molecule has 5 heterocycles. The van der Waals surface area contributed by atoms with Crippen LogP contribution in [0.25, 0.3) is 11.6 Å². The molecule has 0 aromatic carbocycles. The summed E-state index contributed by atoms with van der Waals surface area (Å²) in [4.78, 5) is 32.0. The van der Waals surface area contributed by atoms with Crippen LogP contribution in [0.15, 0.2) is 41.4 Å². The number of carboxylic acid groups (broad SMARTS) is 1. The van der Waals surface area contributed by atoms with Gasteiger partial charge < -0.3 is 19.7 Å². The number of nitrogens with one attached hydrogen (secondary N) is 1. The van der Waals surface area contributed by atoms with Gasteiger partial charge in [-0.2, -0.15) is 5.10 Å². The van der Waals surface area contributed by atoms with Gasteiger partial charge >= 0.3 is 0 Å². The molecule has 0 saturated carbocycles. The smallest absolute Gasteiger partial charge is 0.290 e. The Labute approximate surface area is 178 Å². The van der Waals surface area contributed by atoms with E-state index < -0.39 is 0 Å². The number of amides is 1. The number of hydrogen-bond acceptors (Lipinski definition) is 7. The summed E-state index contributed by atoms with van der Waals surface area (Å²) < 4.78 is 7.35. The molecule has 0 bridgehead atoms. The van der Waals surface area contributed by atoms with Crippen molar-refractivity contribution in [1.29, 1.82) is 0 Å². The second-order valence-corrected chi connectivity index (χ2v) is 7.66. The molecule has 31 heavy (non-hydrogen) atoms. The first-order valence-electron chi connectivity index (χ1n) is 10.1. The van der Waals surface area contributed by atoms with Gasteiger partial charge in [-0.1, -0.05) is 0 Å². The lowest BCUT2D eigenvalue weighted by molar-refractivity contribution is -0.123. The van der Waals surface area contributed by atoms with Crippen LogP contribution in [0.5, 0.6) is 0 Å². The summed E-state index contributed by atoms with van der Waals surface area (Å²) in [5.74, 6) is 1.91. The summed E-state index contributed by atoms with van der Waals surface area (Å²) in [6.07, 6.45) is 9.49. The van der Waals surface area contributed by atoms with E-state index in [2.05, 4.69) is 32.3 Å². The van der Waals surface area contributed by atoms with E-state index in [0.717, 1.165) is 42.9 Å². The number of carbonyl (C=O) groups excluding carboxylic acids is 1. The predicted molar refractivity (Wildman–Crippen MR) is 112 cm³/mol. The number of anilines is 1. The lowest BCUT2D eigenvalue weighted by Crippen LogP contribution is -2.33. The van der Waals surface area contributed by atoms with Crippen molar-refractivity contribution in [2.45, 2.75) is 31.2 Å². The standard InChI is InChI=1S/C20H22N6O2.CH2O2/c1-25-6-4-14(5-7-25)26-20-16(12-23-26)15(9-18(27)24-20)13-10-21-19(22-11-13)17-3-2-8-28-17;2-1-3/h2-3,8,10-12,14-15H,4-7,9H2,1H3,(H,24,27);1H,(H,2,3). The minimum absolute atomic E-state index is 0.00212. The summed E-state index contributed by atoms with van der Waals surface area (Å²) in [6.45, 7) is 1.83. The monoisotopic (exact) mass is 424 g/mol. The molecule has 3 aromatic heterocycles. The van der Waals surface area contributed by atoms with Gasteiger partial charge in [0, 0.05) is 30.3 Å².